The zero-order valence-electron chi connectivity index (χ0n) is 15.5. The van der Waals surface area contributed by atoms with Gasteiger partial charge in [-0.15, -0.1) is 0 Å². The number of carbonyl (C=O) groups is 1. The zero-order valence-corrected chi connectivity index (χ0v) is 15.5. The molecule has 1 saturated heterocycles. The van der Waals surface area contributed by atoms with Gasteiger partial charge >= 0.3 is 0 Å². The van der Waals surface area contributed by atoms with Crippen molar-refractivity contribution in [2.24, 2.45) is 0 Å². The Morgan fingerprint density at radius 2 is 2.04 bits per heavy atom. The van der Waals surface area contributed by atoms with E-state index in [1.54, 1.807) is 0 Å². The summed E-state index contributed by atoms with van der Waals surface area (Å²) in [6.45, 7) is 5.52. The molecule has 2 aliphatic heterocycles. The van der Waals surface area contributed by atoms with E-state index in [-0.39, 0.29) is 12.7 Å². The second kappa shape index (κ2) is 6.86. The van der Waals surface area contributed by atoms with Gasteiger partial charge in [0.15, 0.2) is 11.5 Å². The first-order chi connectivity index (χ1) is 12.9. The van der Waals surface area contributed by atoms with Gasteiger partial charge in [-0.1, -0.05) is 6.07 Å². The average Bonchev–Trinajstić information content (AvgIpc) is 3.25. The fraction of sp³-hybridized carbons (Fsp3) is 0.474. The SMILES string of the molecule is Cc1n[nH]c(C)c1NC(=O)CN1CCC(O)(c2ccc3c(c2)OCO3)CC1. The number of hydrogen-bond donors (Lipinski definition) is 3. The van der Waals surface area contributed by atoms with Crippen molar-refractivity contribution in [3.8, 4) is 11.5 Å². The van der Waals surface area contributed by atoms with Crippen molar-refractivity contribution >= 4 is 11.6 Å². The number of aromatic amines is 1. The lowest BCUT2D eigenvalue weighted by Crippen LogP contribution is -2.45. The fourth-order valence-corrected chi connectivity index (χ4v) is 3.67. The molecule has 144 valence electrons. The smallest absolute Gasteiger partial charge is 0.238 e. The molecule has 8 heteroatoms. The number of aliphatic hydroxyl groups is 1. The van der Waals surface area contributed by atoms with Crippen molar-refractivity contribution in [1.29, 1.82) is 0 Å². The first-order valence-corrected chi connectivity index (χ1v) is 9.11. The number of ether oxygens (including phenoxy) is 2. The normalized spacial score (nSPS) is 18.5. The predicted molar refractivity (Wildman–Crippen MR) is 98.8 cm³/mol. The molecule has 1 fully saturated rings. The van der Waals surface area contributed by atoms with Gasteiger partial charge in [-0.05, 0) is 44.4 Å². The van der Waals surface area contributed by atoms with Crippen LogP contribution in [0.3, 0.4) is 0 Å². The first-order valence-electron chi connectivity index (χ1n) is 9.11. The molecule has 0 atom stereocenters. The van der Waals surface area contributed by atoms with Crippen LogP contribution in [0.25, 0.3) is 0 Å². The number of aryl methyl sites for hydroxylation is 2. The molecule has 0 unspecified atom stereocenters. The number of benzene rings is 1. The van der Waals surface area contributed by atoms with Crippen molar-refractivity contribution in [2.45, 2.75) is 32.3 Å². The Labute approximate surface area is 157 Å². The number of likely N-dealkylation sites (tertiary alicyclic amines) is 1. The largest absolute Gasteiger partial charge is 0.454 e. The molecule has 0 radical (unpaired) electrons. The summed E-state index contributed by atoms with van der Waals surface area (Å²) in [5, 5.41) is 20.9. The molecule has 2 aliphatic rings. The number of piperidine rings is 1. The predicted octanol–water partition coefficient (Wildman–Crippen LogP) is 1.68. The van der Waals surface area contributed by atoms with Crippen molar-refractivity contribution < 1.29 is 19.4 Å². The van der Waals surface area contributed by atoms with Gasteiger partial charge < -0.3 is 19.9 Å². The lowest BCUT2D eigenvalue weighted by atomic mass is 9.84. The summed E-state index contributed by atoms with van der Waals surface area (Å²) in [6, 6.07) is 5.58. The van der Waals surface area contributed by atoms with Crippen molar-refractivity contribution in [1.82, 2.24) is 15.1 Å². The number of hydrogen-bond acceptors (Lipinski definition) is 6. The molecule has 1 aromatic heterocycles. The van der Waals surface area contributed by atoms with Gasteiger partial charge in [-0.25, -0.2) is 0 Å². The molecule has 8 nitrogen and oxygen atoms in total. The molecule has 0 saturated carbocycles. The van der Waals surface area contributed by atoms with E-state index < -0.39 is 5.60 Å². The highest BCUT2D eigenvalue weighted by molar-refractivity contribution is 5.93. The van der Waals surface area contributed by atoms with Gasteiger partial charge in [-0.2, -0.15) is 5.10 Å². The highest BCUT2D eigenvalue weighted by atomic mass is 16.7. The van der Waals surface area contributed by atoms with Gasteiger partial charge in [0.25, 0.3) is 0 Å². The van der Waals surface area contributed by atoms with E-state index in [1.807, 2.05) is 32.0 Å². The van der Waals surface area contributed by atoms with E-state index in [0.29, 0.717) is 44.0 Å². The summed E-state index contributed by atoms with van der Waals surface area (Å²) in [4.78, 5) is 14.4. The number of aromatic nitrogens is 2. The molecule has 1 amide bonds. The van der Waals surface area contributed by atoms with Gasteiger partial charge in [-0.3, -0.25) is 14.8 Å². The second-order valence-electron chi connectivity index (χ2n) is 7.23. The molecule has 4 rings (SSSR count). The topological polar surface area (TPSA) is 99.7 Å². The van der Waals surface area contributed by atoms with Gasteiger partial charge in [0, 0.05) is 13.1 Å². The lowest BCUT2D eigenvalue weighted by molar-refractivity contribution is -0.118. The Morgan fingerprint density at radius 1 is 1.30 bits per heavy atom. The van der Waals surface area contributed by atoms with Crippen LogP contribution in [0.1, 0.15) is 29.8 Å². The van der Waals surface area contributed by atoms with Crippen LogP contribution < -0.4 is 14.8 Å². The number of nitrogens with one attached hydrogen (secondary N) is 2. The number of amides is 1. The Bertz CT molecular complexity index is 836. The van der Waals surface area contributed by atoms with Crippen LogP contribution in [-0.4, -0.2) is 52.5 Å². The molecule has 0 spiro atoms. The second-order valence-corrected chi connectivity index (χ2v) is 7.23. The molecule has 27 heavy (non-hydrogen) atoms. The third-order valence-electron chi connectivity index (χ3n) is 5.35. The molecule has 3 heterocycles. The van der Waals surface area contributed by atoms with E-state index >= 15 is 0 Å². The van der Waals surface area contributed by atoms with E-state index in [9.17, 15) is 9.90 Å². The molecular weight excluding hydrogens is 348 g/mol. The van der Waals surface area contributed by atoms with Gasteiger partial charge in [0.1, 0.15) is 0 Å². The lowest BCUT2D eigenvalue weighted by Gasteiger charge is -2.38. The maximum Gasteiger partial charge on any atom is 0.238 e. The van der Waals surface area contributed by atoms with Crippen LogP contribution in [0, 0.1) is 13.8 Å². The minimum absolute atomic E-state index is 0.0730. The fourth-order valence-electron chi connectivity index (χ4n) is 3.67. The maximum atomic E-state index is 12.4. The van der Waals surface area contributed by atoms with Gasteiger partial charge in [0.05, 0.1) is 29.2 Å². The number of nitrogens with zero attached hydrogens (tertiary/aromatic N) is 2. The quantitative estimate of drug-likeness (QED) is 0.755. The van der Waals surface area contributed by atoms with Crippen LogP contribution in [0.4, 0.5) is 5.69 Å². The summed E-state index contributed by atoms with van der Waals surface area (Å²) < 4.78 is 10.7. The summed E-state index contributed by atoms with van der Waals surface area (Å²) in [5.41, 5.74) is 2.29. The number of H-pyrrole nitrogens is 1. The molecular formula is C19H24N4O4. The summed E-state index contributed by atoms with van der Waals surface area (Å²) in [5.74, 6) is 1.31. The Morgan fingerprint density at radius 3 is 2.74 bits per heavy atom. The highest BCUT2D eigenvalue weighted by Crippen LogP contribution is 2.39. The van der Waals surface area contributed by atoms with Crippen LogP contribution in [0.15, 0.2) is 18.2 Å². The number of rotatable bonds is 4. The third kappa shape index (κ3) is 3.50. The zero-order chi connectivity index (χ0) is 19.0. The molecule has 3 N–H and O–H groups in total. The Hall–Kier alpha value is -2.58. The van der Waals surface area contributed by atoms with Crippen LogP contribution in [-0.2, 0) is 10.4 Å². The molecule has 1 aromatic carbocycles. The highest BCUT2D eigenvalue weighted by Gasteiger charge is 2.35. The van der Waals surface area contributed by atoms with Crippen molar-refractivity contribution in [3.05, 3.63) is 35.2 Å². The first kappa shape index (κ1) is 17.8. The van der Waals surface area contributed by atoms with Crippen LogP contribution >= 0.6 is 0 Å². The number of fused-ring (bicyclic) bond motifs is 1. The standard InChI is InChI=1S/C19H24N4O4/c1-12-18(13(2)22-21-12)20-17(24)10-23-7-5-19(25,6-8-23)14-3-4-15-16(9-14)27-11-26-15/h3-4,9,25H,5-8,10-11H2,1-2H3,(H,20,24)(H,21,22). The number of carbonyl (C=O) groups excluding carboxylic acids is 1. The molecule has 0 aliphatic carbocycles. The minimum Gasteiger partial charge on any atom is -0.454 e. The van der Waals surface area contributed by atoms with Crippen molar-refractivity contribution in [2.75, 3.05) is 31.7 Å². The van der Waals surface area contributed by atoms with Crippen LogP contribution in [0.2, 0.25) is 0 Å². The van der Waals surface area contributed by atoms with E-state index in [2.05, 4.69) is 20.4 Å². The van der Waals surface area contributed by atoms with E-state index in [0.717, 1.165) is 22.6 Å². The van der Waals surface area contributed by atoms with E-state index in [4.69, 9.17) is 9.47 Å². The third-order valence-corrected chi connectivity index (χ3v) is 5.35. The van der Waals surface area contributed by atoms with Crippen molar-refractivity contribution in [3.63, 3.8) is 0 Å². The van der Waals surface area contributed by atoms with Gasteiger partial charge in [0.2, 0.25) is 12.7 Å². The summed E-state index contributed by atoms with van der Waals surface area (Å²) in [7, 11) is 0. The summed E-state index contributed by atoms with van der Waals surface area (Å²) in [6.07, 6.45) is 1.12. The average molecular weight is 372 g/mol. The molecule has 2 aromatic rings. The minimum atomic E-state index is -0.911. The Kier molecular flexibility index (Phi) is 4.53. The number of anilines is 1. The van der Waals surface area contributed by atoms with E-state index in [1.165, 1.54) is 0 Å². The van der Waals surface area contributed by atoms with Crippen LogP contribution in [0.5, 0.6) is 11.5 Å². The monoisotopic (exact) mass is 372 g/mol. The maximum absolute atomic E-state index is 12.4. The Balaban J connectivity index is 1.35. The molecule has 0 bridgehead atoms. The summed E-state index contributed by atoms with van der Waals surface area (Å²) >= 11 is 0.